The lowest BCUT2D eigenvalue weighted by Gasteiger charge is -2.33. The van der Waals surface area contributed by atoms with Crippen LogP contribution in [0.2, 0.25) is 0 Å². The van der Waals surface area contributed by atoms with E-state index in [4.69, 9.17) is 9.47 Å². The molecule has 0 aromatic carbocycles. The van der Waals surface area contributed by atoms with E-state index in [1.54, 1.807) is 20.8 Å². The molecule has 0 N–H and O–H groups in total. The van der Waals surface area contributed by atoms with Gasteiger partial charge in [0, 0.05) is 12.7 Å². The topological polar surface area (TPSA) is 64.5 Å². The lowest BCUT2D eigenvalue weighted by molar-refractivity contribution is -0.141. The van der Waals surface area contributed by atoms with Crippen LogP contribution in [0.5, 0.6) is 6.01 Å². The van der Waals surface area contributed by atoms with Gasteiger partial charge in [0.05, 0.1) is 6.54 Å². The summed E-state index contributed by atoms with van der Waals surface area (Å²) in [5.41, 5.74) is -1.68. The summed E-state index contributed by atoms with van der Waals surface area (Å²) in [6, 6.07) is 0.432. The highest BCUT2D eigenvalue weighted by molar-refractivity contribution is 5.68. The van der Waals surface area contributed by atoms with E-state index in [2.05, 4.69) is 9.97 Å². The van der Waals surface area contributed by atoms with Gasteiger partial charge < -0.3 is 14.4 Å². The standard InChI is InChI=1S/C15H20F3N3O3/c1-14(2,3)24-13(22)21-8-4-5-10(9-21)23-12-19-7-6-11(20-12)15(16,17)18/h6-7,10H,4-5,8-9H2,1-3H3. The van der Waals surface area contributed by atoms with Crippen LogP contribution in [-0.2, 0) is 10.9 Å². The van der Waals surface area contributed by atoms with Gasteiger partial charge in [-0.3, -0.25) is 0 Å². The van der Waals surface area contributed by atoms with Gasteiger partial charge >= 0.3 is 18.3 Å². The van der Waals surface area contributed by atoms with Crippen LogP contribution in [0.1, 0.15) is 39.3 Å². The van der Waals surface area contributed by atoms with Gasteiger partial charge in [-0.15, -0.1) is 0 Å². The number of ether oxygens (including phenoxy) is 2. The maximum Gasteiger partial charge on any atom is 0.433 e. The fourth-order valence-electron chi connectivity index (χ4n) is 2.23. The fraction of sp³-hybridized carbons (Fsp3) is 0.667. The number of rotatable bonds is 2. The first kappa shape index (κ1) is 18.3. The molecule has 1 unspecified atom stereocenters. The van der Waals surface area contributed by atoms with Gasteiger partial charge in [0.2, 0.25) is 0 Å². The van der Waals surface area contributed by atoms with Gasteiger partial charge in [0.25, 0.3) is 0 Å². The number of aromatic nitrogens is 2. The normalized spacial score (nSPS) is 19.1. The van der Waals surface area contributed by atoms with Crippen molar-refractivity contribution in [2.75, 3.05) is 13.1 Å². The van der Waals surface area contributed by atoms with Gasteiger partial charge in [-0.05, 0) is 39.7 Å². The molecule has 0 bridgehead atoms. The Labute approximate surface area is 138 Å². The van der Waals surface area contributed by atoms with Crippen LogP contribution in [0.25, 0.3) is 0 Å². The maximum absolute atomic E-state index is 12.7. The summed E-state index contributed by atoms with van der Waals surface area (Å²) >= 11 is 0. The van der Waals surface area contributed by atoms with Crippen molar-refractivity contribution in [3.63, 3.8) is 0 Å². The second-order valence-corrected chi connectivity index (χ2v) is 6.53. The predicted molar refractivity (Wildman–Crippen MR) is 78.5 cm³/mol. The predicted octanol–water partition coefficient (Wildman–Crippen LogP) is 3.27. The SMILES string of the molecule is CC(C)(C)OC(=O)N1CCCC(Oc2nccc(C(F)(F)F)n2)C1. The quantitative estimate of drug-likeness (QED) is 0.821. The van der Waals surface area contributed by atoms with E-state index in [9.17, 15) is 18.0 Å². The van der Waals surface area contributed by atoms with Gasteiger partial charge in [-0.1, -0.05) is 0 Å². The Hall–Kier alpha value is -2.06. The molecule has 1 aromatic heterocycles. The molecule has 6 nitrogen and oxygen atoms in total. The van der Waals surface area contributed by atoms with Crippen molar-refractivity contribution in [3.8, 4) is 6.01 Å². The highest BCUT2D eigenvalue weighted by Crippen LogP contribution is 2.28. The number of alkyl halides is 3. The zero-order valence-electron chi connectivity index (χ0n) is 13.8. The van der Waals surface area contributed by atoms with E-state index in [1.807, 2.05) is 0 Å². The highest BCUT2D eigenvalue weighted by atomic mass is 19.4. The minimum absolute atomic E-state index is 0.217. The Bertz CT molecular complexity index is 587. The van der Waals surface area contributed by atoms with Crippen molar-refractivity contribution < 1.29 is 27.4 Å². The van der Waals surface area contributed by atoms with E-state index >= 15 is 0 Å². The van der Waals surface area contributed by atoms with Crippen molar-refractivity contribution in [2.24, 2.45) is 0 Å². The summed E-state index contributed by atoms with van der Waals surface area (Å²) in [7, 11) is 0. The highest BCUT2D eigenvalue weighted by Gasteiger charge is 2.34. The third-order valence-corrected chi connectivity index (χ3v) is 3.23. The molecule has 0 spiro atoms. The van der Waals surface area contributed by atoms with Gasteiger partial charge in [-0.25, -0.2) is 9.78 Å². The minimum Gasteiger partial charge on any atom is -0.458 e. The zero-order chi connectivity index (χ0) is 18.0. The van der Waals surface area contributed by atoms with E-state index in [1.165, 1.54) is 4.90 Å². The summed E-state index contributed by atoms with van der Waals surface area (Å²) in [6.45, 7) is 6.02. The lowest BCUT2D eigenvalue weighted by Crippen LogP contribution is -2.46. The Kier molecular flexibility index (Phi) is 5.19. The van der Waals surface area contributed by atoms with Crippen molar-refractivity contribution >= 4 is 6.09 Å². The number of carbonyl (C=O) groups is 1. The number of carbonyl (C=O) groups excluding carboxylic acids is 1. The van der Waals surface area contributed by atoms with Crippen molar-refractivity contribution in [1.82, 2.24) is 14.9 Å². The lowest BCUT2D eigenvalue weighted by atomic mass is 10.1. The summed E-state index contributed by atoms with van der Waals surface area (Å²) < 4.78 is 48.7. The van der Waals surface area contributed by atoms with E-state index in [0.717, 1.165) is 12.3 Å². The second-order valence-electron chi connectivity index (χ2n) is 6.53. The van der Waals surface area contributed by atoms with Gasteiger partial charge in [0.15, 0.2) is 5.69 Å². The third kappa shape index (κ3) is 5.24. The number of likely N-dealkylation sites (tertiary alicyclic amines) is 1. The van der Waals surface area contributed by atoms with Crippen LogP contribution in [-0.4, -0.2) is 45.8 Å². The molecule has 1 saturated heterocycles. The van der Waals surface area contributed by atoms with Crippen molar-refractivity contribution in [2.45, 2.75) is 51.5 Å². The molecule has 9 heteroatoms. The monoisotopic (exact) mass is 347 g/mol. The molecule has 2 heterocycles. The molecule has 1 fully saturated rings. The second kappa shape index (κ2) is 6.82. The van der Waals surface area contributed by atoms with Gasteiger partial charge in [-0.2, -0.15) is 18.2 Å². The Morgan fingerprint density at radius 2 is 2.04 bits per heavy atom. The molecule has 0 radical (unpaired) electrons. The number of halogens is 3. The maximum atomic E-state index is 12.7. The van der Waals surface area contributed by atoms with Crippen LogP contribution in [0.4, 0.5) is 18.0 Å². The first-order valence-electron chi connectivity index (χ1n) is 7.59. The molecule has 1 amide bonds. The first-order valence-corrected chi connectivity index (χ1v) is 7.59. The molecule has 134 valence electrons. The number of amides is 1. The van der Waals surface area contributed by atoms with E-state index in [-0.39, 0.29) is 12.6 Å². The smallest absolute Gasteiger partial charge is 0.433 e. The van der Waals surface area contributed by atoms with Crippen molar-refractivity contribution in [3.05, 3.63) is 18.0 Å². The number of piperidine rings is 1. The number of nitrogens with zero attached hydrogens (tertiary/aromatic N) is 3. The van der Waals surface area contributed by atoms with Crippen LogP contribution in [0.15, 0.2) is 12.3 Å². The van der Waals surface area contributed by atoms with E-state index in [0.29, 0.717) is 19.4 Å². The largest absolute Gasteiger partial charge is 0.458 e. The molecule has 0 aliphatic carbocycles. The molecular formula is C15H20F3N3O3. The first-order chi connectivity index (χ1) is 11.0. The van der Waals surface area contributed by atoms with Crippen LogP contribution in [0, 0.1) is 0 Å². The summed E-state index contributed by atoms with van der Waals surface area (Å²) in [5, 5.41) is 0. The van der Waals surface area contributed by atoms with E-state index < -0.39 is 29.7 Å². The third-order valence-electron chi connectivity index (χ3n) is 3.23. The molecule has 1 aliphatic rings. The summed E-state index contributed by atoms with van der Waals surface area (Å²) in [5.74, 6) is 0. The van der Waals surface area contributed by atoms with Crippen LogP contribution < -0.4 is 4.74 Å². The average molecular weight is 347 g/mol. The molecule has 24 heavy (non-hydrogen) atoms. The van der Waals surface area contributed by atoms with Crippen LogP contribution >= 0.6 is 0 Å². The Balaban J connectivity index is 1.99. The molecule has 1 atom stereocenters. The number of hydrogen-bond acceptors (Lipinski definition) is 5. The fourth-order valence-corrected chi connectivity index (χ4v) is 2.23. The average Bonchev–Trinajstić information content (AvgIpc) is 2.45. The summed E-state index contributed by atoms with van der Waals surface area (Å²) in [4.78, 5) is 20.6. The molecule has 0 saturated carbocycles. The van der Waals surface area contributed by atoms with Crippen molar-refractivity contribution in [1.29, 1.82) is 0 Å². The zero-order valence-corrected chi connectivity index (χ0v) is 13.8. The molecule has 1 aliphatic heterocycles. The summed E-state index contributed by atoms with van der Waals surface area (Å²) in [6.07, 6.45) is -3.26. The Morgan fingerprint density at radius 3 is 2.67 bits per heavy atom. The molecule has 1 aromatic rings. The minimum atomic E-state index is -4.56. The molecule has 2 rings (SSSR count). The number of hydrogen-bond donors (Lipinski definition) is 0. The van der Waals surface area contributed by atoms with Gasteiger partial charge in [0.1, 0.15) is 11.7 Å². The van der Waals surface area contributed by atoms with Crippen LogP contribution in [0.3, 0.4) is 0 Å². The molecular weight excluding hydrogens is 327 g/mol. The Morgan fingerprint density at radius 1 is 1.33 bits per heavy atom.